The average molecular weight is 264 g/mol. The van der Waals surface area contributed by atoms with Gasteiger partial charge in [0.2, 0.25) is 0 Å². The van der Waals surface area contributed by atoms with E-state index in [0.717, 1.165) is 32.0 Å². The Morgan fingerprint density at radius 2 is 2.00 bits per heavy atom. The van der Waals surface area contributed by atoms with E-state index in [1.807, 2.05) is 12.1 Å². The van der Waals surface area contributed by atoms with Gasteiger partial charge in [-0.2, -0.15) is 0 Å². The number of likely N-dealkylation sites (tertiary alicyclic amines) is 1. The second kappa shape index (κ2) is 6.49. The molecule has 1 aliphatic rings. The maximum Gasteiger partial charge on any atom is 0.123 e. The van der Waals surface area contributed by atoms with E-state index in [1.165, 1.54) is 24.1 Å². The van der Waals surface area contributed by atoms with Gasteiger partial charge >= 0.3 is 0 Å². The lowest BCUT2D eigenvalue weighted by molar-refractivity contribution is 0.301. The minimum absolute atomic E-state index is 0.161. The van der Waals surface area contributed by atoms with E-state index in [9.17, 15) is 4.39 Å². The molecule has 1 aromatic rings. The summed E-state index contributed by atoms with van der Waals surface area (Å²) in [5.41, 5.74) is 7.34. The summed E-state index contributed by atoms with van der Waals surface area (Å²) in [6.07, 6.45) is 2.36. The number of nitrogens with two attached hydrogens (primary N) is 1. The molecule has 3 heteroatoms. The maximum atomic E-state index is 12.9. The molecule has 19 heavy (non-hydrogen) atoms. The van der Waals surface area contributed by atoms with Crippen LogP contribution in [-0.2, 0) is 6.54 Å². The van der Waals surface area contributed by atoms with Crippen molar-refractivity contribution in [1.29, 1.82) is 0 Å². The van der Waals surface area contributed by atoms with E-state index in [4.69, 9.17) is 5.73 Å². The fraction of sp³-hybridized carbons (Fsp3) is 0.625. The molecule has 0 aliphatic carbocycles. The Morgan fingerprint density at radius 3 is 2.63 bits per heavy atom. The van der Waals surface area contributed by atoms with E-state index in [2.05, 4.69) is 18.7 Å². The second-order valence-electron chi connectivity index (χ2n) is 6.16. The third-order valence-corrected chi connectivity index (χ3v) is 4.15. The molecule has 2 unspecified atom stereocenters. The number of rotatable bonds is 5. The Hall–Kier alpha value is -0.930. The molecule has 2 atom stereocenters. The van der Waals surface area contributed by atoms with Crippen LogP contribution in [0.5, 0.6) is 0 Å². The first-order chi connectivity index (χ1) is 9.04. The van der Waals surface area contributed by atoms with E-state index in [0.29, 0.717) is 12.0 Å². The topological polar surface area (TPSA) is 29.3 Å². The first-order valence-electron chi connectivity index (χ1n) is 7.27. The lowest BCUT2D eigenvalue weighted by atomic mass is 9.93. The summed E-state index contributed by atoms with van der Waals surface area (Å²) in [5.74, 6) is 1.12. The third kappa shape index (κ3) is 4.29. The molecule has 1 aliphatic heterocycles. The fourth-order valence-electron chi connectivity index (χ4n) is 2.75. The molecule has 2 rings (SSSR count). The monoisotopic (exact) mass is 264 g/mol. The molecule has 0 spiro atoms. The minimum atomic E-state index is -0.161. The second-order valence-corrected chi connectivity index (χ2v) is 6.16. The summed E-state index contributed by atoms with van der Waals surface area (Å²) in [6.45, 7) is 7.56. The summed E-state index contributed by atoms with van der Waals surface area (Å²) >= 11 is 0. The van der Waals surface area contributed by atoms with Crippen LogP contribution >= 0.6 is 0 Å². The highest BCUT2D eigenvalue weighted by Gasteiger charge is 2.24. The number of nitrogens with zero attached hydrogens (tertiary/aromatic N) is 1. The predicted molar refractivity (Wildman–Crippen MR) is 77.2 cm³/mol. The van der Waals surface area contributed by atoms with E-state index in [1.54, 1.807) is 0 Å². The highest BCUT2D eigenvalue weighted by Crippen LogP contribution is 2.24. The maximum absolute atomic E-state index is 12.9. The summed E-state index contributed by atoms with van der Waals surface area (Å²) in [4.78, 5) is 2.45. The Bertz CT molecular complexity index is 388. The number of hydrogen-bond acceptors (Lipinski definition) is 2. The summed E-state index contributed by atoms with van der Waals surface area (Å²) in [5, 5.41) is 0. The fourth-order valence-corrected chi connectivity index (χ4v) is 2.75. The van der Waals surface area contributed by atoms with E-state index in [-0.39, 0.29) is 5.82 Å². The molecule has 2 nitrogen and oxygen atoms in total. The molecule has 0 saturated carbocycles. The zero-order valence-electron chi connectivity index (χ0n) is 12.0. The highest BCUT2D eigenvalue weighted by atomic mass is 19.1. The molecule has 106 valence electrons. The SMILES string of the molecule is CC(C)C(N)CC1CCN(Cc2ccc(F)cc2)C1. The van der Waals surface area contributed by atoms with Gasteiger partial charge in [-0.1, -0.05) is 26.0 Å². The molecule has 1 aromatic carbocycles. The highest BCUT2D eigenvalue weighted by molar-refractivity contribution is 5.16. The molecular formula is C16H25FN2. The third-order valence-electron chi connectivity index (χ3n) is 4.15. The largest absolute Gasteiger partial charge is 0.327 e. The van der Waals surface area contributed by atoms with Crippen molar-refractivity contribution in [3.63, 3.8) is 0 Å². The molecule has 0 amide bonds. The Kier molecular flexibility index (Phi) is 4.94. The van der Waals surface area contributed by atoms with Gasteiger partial charge in [0, 0.05) is 19.1 Å². The average Bonchev–Trinajstić information content (AvgIpc) is 2.79. The van der Waals surface area contributed by atoms with E-state index >= 15 is 0 Å². The van der Waals surface area contributed by atoms with Gasteiger partial charge in [0.25, 0.3) is 0 Å². The zero-order valence-corrected chi connectivity index (χ0v) is 12.0. The lowest BCUT2D eigenvalue weighted by Gasteiger charge is -2.20. The van der Waals surface area contributed by atoms with Gasteiger partial charge in [-0.15, -0.1) is 0 Å². The van der Waals surface area contributed by atoms with Crippen LogP contribution in [0, 0.1) is 17.7 Å². The van der Waals surface area contributed by atoms with Crippen molar-refractivity contribution in [2.75, 3.05) is 13.1 Å². The molecular weight excluding hydrogens is 239 g/mol. The molecule has 1 heterocycles. The number of benzene rings is 1. The van der Waals surface area contributed by atoms with Crippen LogP contribution in [0.2, 0.25) is 0 Å². The first kappa shape index (κ1) is 14.5. The van der Waals surface area contributed by atoms with Crippen LogP contribution < -0.4 is 5.73 Å². The molecule has 1 saturated heterocycles. The van der Waals surface area contributed by atoms with Crippen LogP contribution in [0.3, 0.4) is 0 Å². The Morgan fingerprint density at radius 1 is 1.32 bits per heavy atom. The number of halogens is 1. The van der Waals surface area contributed by atoms with Gasteiger partial charge < -0.3 is 5.73 Å². The molecule has 2 N–H and O–H groups in total. The van der Waals surface area contributed by atoms with Crippen molar-refractivity contribution >= 4 is 0 Å². The molecule has 0 aromatic heterocycles. The molecule has 1 fully saturated rings. The number of hydrogen-bond donors (Lipinski definition) is 1. The Balaban J connectivity index is 1.80. The lowest BCUT2D eigenvalue weighted by Crippen LogP contribution is -2.30. The van der Waals surface area contributed by atoms with Gasteiger partial charge in [-0.3, -0.25) is 4.90 Å². The summed E-state index contributed by atoms with van der Waals surface area (Å²) in [6, 6.07) is 7.15. The molecule has 0 bridgehead atoms. The first-order valence-corrected chi connectivity index (χ1v) is 7.27. The van der Waals surface area contributed by atoms with Gasteiger partial charge in [-0.05, 0) is 48.9 Å². The summed E-state index contributed by atoms with van der Waals surface area (Å²) in [7, 11) is 0. The summed E-state index contributed by atoms with van der Waals surface area (Å²) < 4.78 is 12.9. The van der Waals surface area contributed by atoms with Crippen molar-refractivity contribution < 1.29 is 4.39 Å². The van der Waals surface area contributed by atoms with Crippen molar-refractivity contribution in [1.82, 2.24) is 4.90 Å². The van der Waals surface area contributed by atoms with E-state index < -0.39 is 0 Å². The smallest absolute Gasteiger partial charge is 0.123 e. The van der Waals surface area contributed by atoms with Crippen molar-refractivity contribution in [3.8, 4) is 0 Å². The van der Waals surface area contributed by atoms with Gasteiger partial charge in [0.15, 0.2) is 0 Å². The normalized spacial score (nSPS) is 22.1. The van der Waals surface area contributed by atoms with Gasteiger partial charge in [0.05, 0.1) is 0 Å². The predicted octanol–water partition coefficient (Wildman–Crippen LogP) is 3.02. The van der Waals surface area contributed by atoms with Crippen LogP contribution in [0.25, 0.3) is 0 Å². The Labute approximate surface area is 115 Å². The van der Waals surface area contributed by atoms with Gasteiger partial charge in [0.1, 0.15) is 5.82 Å². The molecule has 0 radical (unpaired) electrons. The standard InChI is InChI=1S/C16H25FN2/c1-12(2)16(18)9-14-7-8-19(11-14)10-13-3-5-15(17)6-4-13/h3-6,12,14,16H,7-11,18H2,1-2H3. The van der Waals surface area contributed by atoms with Gasteiger partial charge in [-0.25, -0.2) is 4.39 Å². The van der Waals surface area contributed by atoms with Crippen molar-refractivity contribution in [2.45, 2.75) is 39.3 Å². The van der Waals surface area contributed by atoms with Crippen molar-refractivity contribution in [3.05, 3.63) is 35.6 Å². The van der Waals surface area contributed by atoms with Crippen LogP contribution in [0.15, 0.2) is 24.3 Å². The van der Waals surface area contributed by atoms with Crippen LogP contribution in [0.4, 0.5) is 4.39 Å². The van der Waals surface area contributed by atoms with Crippen molar-refractivity contribution in [2.24, 2.45) is 17.6 Å². The van der Waals surface area contributed by atoms with Crippen LogP contribution in [0.1, 0.15) is 32.3 Å². The zero-order chi connectivity index (χ0) is 13.8. The minimum Gasteiger partial charge on any atom is -0.327 e. The quantitative estimate of drug-likeness (QED) is 0.885. The van der Waals surface area contributed by atoms with Crippen LogP contribution in [-0.4, -0.2) is 24.0 Å².